The highest BCUT2D eigenvalue weighted by molar-refractivity contribution is 6.31. The summed E-state index contributed by atoms with van der Waals surface area (Å²) in [6, 6.07) is 7.36. The molecule has 64 valence electrons. The summed E-state index contributed by atoms with van der Waals surface area (Å²) >= 11 is 11.5. The van der Waals surface area contributed by atoms with Crippen LogP contribution in [-0.4, -0.2) is 11.7 Å². The third-order valence-corrected chi connectivity index (χ3v) is 2.15. The Morgan fingerprint density at radius 3 is 2.67 bits per heavy atom. The van der Waals surface area contributed by atoms with E-state index in [1.54, 1.807) is 6.07 Å². The van der Waals surface area contributed by atoms with E-state index in [1.165, 1.54) is 0 Å². The maximum Gasteiger partial charge on any atom is 0.138 e. The Kier molecular flexibility index (Phi) is 3.57. The Morgan fingerprint density at radius 1 is 1.42 bits per heavy atom. The van der Waals surface area contributed by atoms with Gasteiger partial charge in [-0.05, 0) is 18.1 Å². The molecule has 1 aromatic rings. The molecule has 0 spiro atoms. The van der Waals surface area contributed by atoms with Gasteiger partial charge in [0.05, 0.1) is 5.38 Å². The second kappa shape index (κ2) is 4.48. The molecule has 0 saturated carbocycles. The first-order valence-corrected chi connectivity index (χ1v) is 4.38. The Bertz CT molecular complexity index is 273. The first-order valence-electron chi connectivity index (χ1n) is 3.57. The van der Waals surface area contributed by atoms with Crippen molar-refractivity contribution in [2.24, 2.45) is 0 Å². The van der Waals surface area contributed by atoms with Crippen molar-refractivity contribution in [3.8, 4) is 0 Å². The molecule has 0 fully saturated rings. The van der Waals surface area contributed by atoms with Crippen LogP contribution in [-0.2, 0) is 11.2 Å². The number of carbonyl (C=O) groups is 1. The van der Waals surface area contributed by atoms with Crippen LogP contribution >= 0.6 is 23.2 Å². The van der Waals surface area contributed by atoms with Gasteiger partial charge >= 0.3 is 0 Å². The van der Waals surface area contributed by atoms with Gasteiger partial charge in [0.25, 0.3) is 0 Å². The zero-order valence-electron chi connectivity index (χ0n) is 6.34. The Labute approximate surface area is 81.3 Å². The normalized spacial score (nSPS) is 12.5. The smallest absolute Gasteiger partial charge is 0.138 e. The molecule has 0 unspecified atom stereocenters. The minimum absolute atomic E-state index is 0.482. The van der Waals surface area contributed by atoms with E-state index in [9.17, 15) is 4.79 Å². The number of benzene rings is 1. The summed E-state index contributed by atoms with van der Waals surface area (Å²) in [4.78, 5) is 10.2. The van der Waals surface area contributed by atoms with E-state index in [-0.39, 0.29) is 0 Å². The highest BCUT2D eigenvalue weighted by Gasteiger charge is 2.05. The number of hydrogen-bond donors (Lipinski definition) is 0. The van der Waals surface area contributed by atoms with E-state index in [0.29, 0.717) is 17.7 Å². The molecule has 1 aromatic carbocycles. The molecule has 0 bridgehead atoms. The topological polar surface area (TPSA) is 17.1 Å². The van der Waals surface area contributed by atoms with Gasteiger partial charge in [0, 0.05) is 5.02 Å². The van der Waals surface area contributed by atoms with E-state index >= 15 is 0 Å². The van der Waals surface area contributed by atoms with Crippen molar-refractivity contribution >= 4 is 29.5 Å². The zero-order valence-corrected chi connectivity index (χ0v) is 7.85. The lowest BCUT2D eigenvalue weighted by Crippen LogP contribution is -2.04. The van der Waals surface area contributed by atoms with Crippen LogP contribution in [0.2, 0.25) is 5.02 Å². The molecule has 0 saturated heterocycles. The van der Waals surface area contributed by atoms with Crippen LogP contribution in [0.15, 0.2) is 24.3 Å². The number of carbonyl (C=O) groups excluding carboxylic acids is 1. The number of halogens is 2. The van der Waals surface area contributed by atoms with Crippen molar-refractivity contribution in [3.05, 3.63) is 34.9 Å². The molecule has 1 atom stereocenters. The zero-order chi connectivity index (χ0) is 8.97. The maximum atomic E-state index is 10.2. The van der Waals surface area contributed by atoms with Gasteiger partial charge in [0.2, 0.25) is 0 Å². The van der Waals surface area contributed by atoms with E-state index in [0.717, 1.165) is 5.56 Å². The van der Waals surface area contributed by atoms with Crippen LogP contribution in [0.5, 0.6) is 0 Å². The molecule has 1 nitrogen and oxygen atoms in total. The van der Waals surface area contributed by atoms with Crippen molar-refractivity contribution in [1.29, 1.82) is 0 Å². The fourth-order valence-corrected chi connectivity index (χ4v) is 1.30. The van der Waals surface area contributed by atoms with Crippen LogP contribution in [0, 0.1) is 0 Å². The van der Waals surface area contributed by atoms with Crippen LogP contribution in [0.1, 0.15) is 5.56 Å². The first kappa shape index (κ1) is 9.56. The molecular weight excluding hydrogens is 195 g/mol. The Hall–Kier alpha value is -0.530. The SMILES string of the molecule is O=C[C@H](Cl)Cc1ccccc1Cl. The van der Waals surface area contributed by atoms with Gasteiger partial charge in [-0.15, -0.1) is 11.6 Å². The quantitative estimate of drug-likeness (QED) is 0.545. The fraction of sp³-hybridized carbons (Fsp3) is 0.222. The van der Waals surface area contributed by atoms with E-state index in [4.69, 9.17) is 23.2 Å². The van der Waals surface area contributed by atoms with Gasteiger partial charge in [0.15, 0.2) is 0 Å². The lowest BCUT2D eigenvalue weighted by molar-refractivity contribution is -0.107. The minimum atomic E-state index is -0.482. The molecule has 0 aromatic heterocycles. The standard InChI is InChI=1S/C9H8Cl2O/c10-8(6-12)5-7-3-1-2-4-9(7)11/h1-4,6,8H,5H2/t8-/m1/s1. The Morgan fingerprint density at radius 2 is 2.08 bits per heavy atom. The van der Waals surface area contributed by atoms with Crippen molar-refractivity contribution in [3.63, 3.8) is 0 Å². The van der Waals surface area contributed by atoms with Gasteiger partial charge < -0.3 is 4.79 Å². The van der Waals surface area contributed by atoms with E-state index < -0.39 is 5.38 Å². The van der Waals surface area contributed by atoms with E-state index in [1.807, 2.05) is 18.2 Å². The number of aldehydes is 1. The van der Waals surface area contributed by atoms with Crippen molar-refractivity contribution in [2.45, 2.75) is 11.8 Å². The molecule has 0 N–H and O–H groups in total. The molecule has 0 amide bonds. The molecule has 0 radical (unpaired) electrons. The summed E-state index contributed by atoms with van der Waals surface area (Å²) in [5.41, 5.74) is 0.909. The van der Waals surface area contributed by atoms with Gasteiger partial charge in [0.1, 0.15) is 6.29 Å². The van der Waals surface area contributed by atoms with Crippen molar-refractivity contribution < 1.29 is 4.79 Å². The monoisotopic (exact) mass is 202 g/mol. The predicted molar refractivity (Wildman–Crippen MR) is 50.9 cm³/mol. The largest absolute Gasteiger partial charge is 0.302 e. The summed E-state index contributed by atoms with van der Waals surface area (Å²) in [7, 11) is 0. The Balaban J connectivity index is 2.75. The van der Waals surface area contributed by atoms with Crippen LogP contribution < -0.4 is 0 Å². The second-order valence-corrected chi connectivity index (χ2v) is 3.42. The van der Waals surface area contributed by atoms with Gasteiger partial charge in [-0.25, -0.2) is 0 Å². The molecule has 3 heteroatoms. The maximum absolute atomic E-state index is 10.2. The van der Waals surface area contributed by atoms with Crippen LogP contribution in [0.25, 0.3) is 0 Å². The van der Waals surface area contributed by atoms with Gasteiger partial charge in [-0.1, -0.05) is 29.8 Å². The average molecular weight is 203 g/mol. The molecule has 12 heavy (non-hydrogen) atoms. The number of alkyl halides is 1. The van der Waals surface area contributed by atoms with Gasteiger partial charge in [-0.3, -0.25) is 0 Å². The summed E-state index contributed by atoms with van der Waals surface area (Å²) < 4.78 is 0. The molecule has 0 aliphatic rings. The molecule has 0 aliphatic carbocycles. The lowest BCUT2D eigenvalue weighted by Gasteiger charge is -2.03. The van der Waals surface area contributed by atoms with Crippen LogP contribution in [0.3, 0.4) is 0 Å². The minimum Gasteiger partial charge on any atom is -0.302 e. The highest BCUT2D eigenvalue weighted by atomic mass is 35.5. The summed E-state index contributed by atoms with van der Waals surface area (Å²) in [6.07, 6.45) is 1.20. The second-order valence-electron chi connectivity index (χ2n) is 2.45. The highest BCUT2D eigenvalue weighted by Crippen LogP contribution is 2.17. The van der Waals surface area contributed by atoms with E-state index in [2.05, 4.69) is 0 Å². The fourth-order valence-electron chi connectivity index (χ4n) is 0.922. The molecule has 0 aliphatic heterocycles. The molecule has 0 heterocycles. The molecular formula is C9H8Cl2O. The summed E-state index contributed by atoms with van der Waals surface area (Å²) in [5, 5.41) is 0.176. The van der Waals surface area contributed by atoms with Crippen molar-refractivity contribution in [1.82, 2.24) is 0 Å². The summed E-state index contributed by atoms with van der Waals surface area (Å²) in [6.45, 7) is 0. The lowest BCUT2D eigenvalue weighted by atomic mass is 10.1. The first-order chi connectivity index (χ1) is 5.74. The third-order valence-electron chi connectivity index (χ3n) is 1.52. The number of rotatable bonds is 3. The van der Waals surface area contributed by atoms with Crippen LogP contribution in [0.4, 0.5) is 0 Å². The van der Waals surface area contributed by atoms with Gasteiger partial charge in [-0.2, -0.15) is 0 Å². The average Bonchev–Trinajstić information content (AvgIpc) is 2.09. The molecule has 1 rings (SSSR count). The number of hydrogen-bond acceptors (Lipinski definition) is 1. The predicted octanol–water partition coefficient (Wildman–Crippen LogP) is 2.69. The van der Waals surface area contributed by atoms with Crippen molar-refractivity contribution in [2.75, 3.05) is 0 Å². The third kappa shape index (κ3) is 2.50. The summed E-state index contributed by atoms with van der Waals surface area (Å²) in [5.74, 6) is 0.